The summed E-state index contributed by atoms with van der Waals surface area (Å²) >= 11 is 0. The maximum atomic E-state index is 5.88. The molecule has 0 atom stereocenters. The van der Waals surface area contributed by atoms with Gasteiger partial charge in [0.2, 0.25) is 0 Å². The zero-order valence-corrected chi connectivity index (χ0v) is 9.80. The Bertz CT molecular complexity index is 329. The molecule has 0 bridgehead atoms. The van der Waals surface area contributed by atoms with Gasteiger partial charge in [-0.25, -0.2) is 4.98 Å². The molecule has 2 heterocycles. The molecule has 0 aromatic carbocycles. The van der Waals surface area contributed by atoms with Crippen molar-refractivity contribution in [1.82, 2.24) is 10.3 Å². The van der Waals surface area contributed by atoms with Crippen LogP contribution in [0, 0.1) is 5.92 Å². The van der Waals surface area contributed by atoms with Crippen LogP contribution in [0.1, 0.15) is 43.0 Å². The first-order valence-corrected chi connectivity index (χ1v) is 6.60. The van der Waals surface area contributed by atoms with Crippen LogP contribution in [0.2, 0.25) is 0 Å². The van der Waals surface area contributed by atoms with Crippen LogP contribution in [0.25, 0.3) is 0 Å². The molecule has 1 fully saturated rings. The summed E-state index contributed by atoms with van der Waals surface area (Å²) in [5.74, 6) is 2.95. The number of hydrogen-bond donors (Lipinski definition) is 1. The Morgan fingerprint density at radius 1 is 1.19 bits per heavy atom. The first-order valence-electron chi connectivity index (χ1n) is 6.60. The van der Waals surface area contributed by atoms with Crippen LogP contribution in [-0.4, -0.2) is 18.1 Å². The van der Waals surface area contributed by atoms with Gasteiger partial charge in [0.25, 0.3) is 0 Å². The molecule has 0 spiro atoms. The van der Waals surface area contributed by atoms with Crippen LogP contribution < -0.4 is 5.32 Å². The van der Waals surface area contributed by atoms with Crippen molar-refractivity contribution in [2.45, 2.75) is 44.9 Å². The van der Waals surface area contributed by atoms with Crippen molar-refractivity contribution in [2.24, 2.45) is 5.92 Å². The standard InChI is InChI=1S/C13H20N2O/c1-2-4-12-11(3-1)15-13(16-12)9-10-5-7-14-8-6-10/h10,14H,1-9H2. The molecule has 1 aliphatic heterocycles. The van der Waals surface area contributed by atoms with Crippen LogP contribution in [0.15, 0.2) is 4.42 Å². The molecule has 0 amide bonds. The van der Waals surface area contributed by atoms with Crippen molar-refractivity contribution in [3.63, 3.8) is 0 Å². The normalized spacial score (nSPS) is 22.0. The van der Waals surface area contributed by atoms with Crippen molar-refractivity contribution in [3.05, 3.63) is 17.3 Å². The quantitative estimate of drug-likeness (QED) is 0.829. The molecule has 3 nitrogen and oxygen atoms in total. The number of rotatable bonds is 2. The predicted molar refractivity (Wildman–Crippen MR) is 62.4 cm³/mol. The molecule has 0 radical (unpaired) electrons. The Balaban J connectivity index is 1.67. The number of hydrogen-bond acceptors (Lipinski definition) is 3. The highest BCUT2D eigenvalue weighted by molar-refractivity contribution is 5.13. The van der Waals surface area contributed by atoms with Crippen LogP contribution in [0.5, 0.6) is 0 Å². The fourth-order valence-electron chi connectivity index (χ4n) is 2.83. The van der Waals surface area contributed by atoms with E-state index in [-0.39, 0.29) is 0 Å². The molecule has 1 aromatic rings. The van der Waals surface area contributed by atoms with E-state index in [9.17, 15) is 0 Å². The number of piperidine rings is 1. The van der Waals surface area contributed by atoms with Crippen LogP contribution >= 0.6 is 0 Å². The molecular weight excluding hydrogens is 200 g/mol. The highest BCUT2D eigenvalue weighted by atomic mass is 16.4. The smallest absolute Gasteiger partial charge is 0.194 e. The van der Waals surface area contributed by atoms with E-state index in [2.05, 4.69) is 10.3 Å². The van der Waals surface area contributed by atoms with Gasteiger partial charge in [0.05, 0.1) is 5.69 Å². The van der Waals surface area contributed by atoms with Crippen molar-refractivity contribution in [2.75, 3.05) is 13.1 Å². The summed E-state index contributed by atoms with van der Waals surface area (Å²) in [5.41, 5.74) is 1.25. The molecule has 1 N–H and O–H groups in total. The number of nitrogens with one attached hydrogen (secondary N) is 1. The van der Waals surface area contributed by atoms with Crippen molar-refractivity contribution in [3.8, 4) is 0 Å². The number of fused-ring (bicyclic) bond motifs is 1. The molecule has 3 rings (SSSR count). The lowest BCUT2D eigenvalue weighted by molar-refractivity contribution is 0.335. The zero-order chi connectivity index (χ0) is 10.8. The fourth-order valence-corrected chi connectivity index (χ4v) is 2.83. The summed E-state index contributed by atoms with van der Waals surface area (Å²) in [7, 11) is 0. The second-order valence-corrected chi connectivity index (χ2v) is 5.08. The van der Waals surface area contributed by atoms with E-state index < -0.39 is 0 Å². The summed E-state index contributed by atoms with van der Waals surface area (Å²) < 4.78 is 5.88. The maximum Gasteiger partial charge on any atom is 0.194 e. The Labute approximate surface area is 96.6 Å². The van der Waals surface area contributed by atoms with Crippen LogP contribution in [0.4, 0.5) is 0 Å². The Kier molecular flexibility index (Phi) is 2.96. The van der Waals surface area contributed by atoms with E-state index in [1.54, 1.807) is 0 Å². The topological polar surface area (TPSA) is 38.1 Å². The Morgan fingerprint density at radius 2 is 2.00 bits per heavy atom. The van der Waals surface area contributed by atoms with Gasteiger partial charge in [0.1, 0.15) is 5.76 Å². The zero-order valence-electron chi connectivity index (χ0n) is 9.80. The summed E-state index contributed by atoms with van der Waals surface area (Å²) in [5, 5.41) is 3.40. The van der Waals surface area contributed by atoms with Gasteiger partial charge in [-0.2, -0.15) is 0 Å². The third kappa shape index (κ3) is 2.14. The molecule has 0 unspecified atom stereocenters. The molecule has 2 aliphatic rings. The van der Waals surface area contributed by atoms with Gasteiger partial charge in [-0.3, -0.25) is 0 Å². The van der Waals surface area contributed by atoms with Gasteiger partial charge in [0.15, 0.2) is 5.89 Å². The van der Waals surface area contributed by atoms with E-state index in [1.165, 1.54) is 37.1 Å². The van der Waals surface area contributed by atoms with Gasteiger partial charge in [0, 0.05) is 12.8 Å². The highest BCUT2D eigenvalue weighted by Crippen LogP contribution is 2.24. The van der Waals surface area contributed by atoms with Gasteiger partial charge >= 0.3 is 0 Å². The first kappa shape index (κ1) is 10.3. The van der Waals surface area contributed by atoms with Gasteiger partial charge < -0.3 is 9.73 Å². The minimum absolute atomic E-state index is 0.779. The van der Waals surface area contributed by atoms with E-state index in [4.69, 9.17) is 4.42 Å². The lowest BCUT2D eigenvalue weighted by Crippen LogP contribution is -2.28. The fraction of sp³-hybridized carbons (Fsp3) is 0.769. The van der Waals surface area contributed by atoms with Crippen LogP contribution in [0.3, 0.4) is 0 Å². The van der Waals surface area contributed by atoms with E-state index in [1.807, 2.05) is 0 Å². The monoisotopic (exact) mass is 220 g/mol. The molecule has 1 saturated heterocycles. The number of oxazole rings is 1. The third-order valence-electron chi connectivity index (χ3n) is 3.81. The van der Waals surface area contributed by atoms with Gasteiger partial charge in [-0.05, 0) is 51.1 Å². The molecule has 1 aliphatic carbocycles. The first-order chi connectivity index (χ1) is 7.92. The summed E-state index contributed by atoms with van der Waals surface area (Å²) in [4.78, 5) is 4.66. The van der Waals surface area contributed by atoms with Gasteiger partial charge in [-0.15, -0.1) is 0 Å². The summed E-state index contributed by atoms with van der Waals surface area (Å²) in [6, 6.07) is 0. The molecule has 16 heavy (non-hydrogen) atoms. The maximum absolute atomic E-state index is 5.88. The summed E-state index contributed by atoms with van der Waals surface area (Å²) in [6.45, 7) is 2.32. The van der Waals surface area contributed by atoms with Gasteiger partial charge in [-0.1, -0.05) is 0 Å². The third-order valence-corrected chi connectivity index (χ3v) is 3.81. The Hall–Kier alpha value is -0.830. The van der Waals surface area contributed by atoms with E-state index in [0.717, 1.165) is 44.2 Å². The van der Waals surface area contributed by atoms with Crippen molar-refractivity contribution >= 4 is 0 Å². The second kappa shape index (κ2) is 4.58. The second-order valence-electron chi connectivity index (χ2n) is 5.08. The molecule has 88 valence electrons. The lowest BCUT2D eigenvalue weighted by atomic mass is 9.95. The average molecular weight is 220 g/mol. The van der Waals surface area contributed by atoms with Crippen molar-refractivity contribution in [1.29, 1.82) is 0 Å². The number of nitrogens with zero attached hydrogens (tertiary/aromatic N) is 1. The van der Waals surface area contributed by atoms with Crippen LogP contribution in [-0.2, 0) is 19.3 Å². The SMILES string of the molecule is C1CCc2oc(CC3CCNCC3)nc2C1. The highest BCUT2D eigenvalue weighted by Gasteiger charge is 2.20. The molecule has 3 heteroatoms. The Morgan fingerprint density at radius 3 is 2.81 bits per heavy atom. The number of aryl methyl sites for hydroxylation is 2. The minimum atomic E-state index is 0.779. The molecule has 0 saturated carbocycles. The molecular formula is C13H20N2O. The predicted octanol–water partition coefficient (Wildman–Crippen LogP) is 2.10. The number of aromatic nitrogens is 1. The average Bonchev–Trinajstić information content (AvgIpc) is 2.72. The van der Waals surface area contributed by atoms with E-state index in [0.29, 0.717) is 0 Å². The molecule has 1 aromatic heterocycles. The largest absolute Gasteiger partial charge is 0.445 e. The lowest BCUT2D eigenvalue weighted by Gasteiger charge is -2.20. The minimum Gasteiger partial charge on any atom is -0.445 e. The van der Waals surface area contributed by atoms with Crippen molar-refractivity contribution < 1.29 is 4.42 Å². The van der Waals surface area contributed by atoms with E-state index >= 15 is 0 Å². The summed E-state index contributed by atoms with van der Waals surface area (Å²) in [6.07, 6.45) is 8.38.